The zero-order chi connectivity index (χ0) is 31.4. The first-order valence-electron chi connectivity index (χ1n) is 16.2. The Labute approximate surface area is 275 Å². The molecule has 236 valence electrons. The molecule has 2 fully saturated rings. The molecule has 0 aromatic heterocycles. The van der Waals surface area contributed by atoms with Crippen LogP contribution in [0.2, 0.25) is 10.0 Å². The second kappa shape index (κ2) is 14.6. The van der Waals surface area contributed by atoms with Gasteiger partial charge in [-0.2, -0.15) is 0 Å². The minimum Gasteiger partial charge on any atom is -0.205 e. The zero-order valence-electron chi connectivity index (χ0n) is 26.4. The summed E-state index contributed by atoms with van der Waals surface area (Å²) in [5.41, 5.74) is 7.48. The van der Waals surface area contributed by atoms with Crippen molar-refractivity contribution in [2.24, 2.45) is 11.8 Å². The summed E-state index contributed by atoms with van der Waals surface area (Å²) < 4.78 is 27.9. The summed E-state index contributed by atoms with van der Waals surface area (Å²) >= 11 is 12.3. The van der Waals surface area contributed by atoms with Crippen molar-refractivity contribution in [3.8, 4) is 22.3 Å². The van der Waals surface area contributed by atoms with Crippen LogP contribution in [0.15, 0.2) is 72.8 Å². The highest BCUT2D eigenvalue weighted by molar-refractivity contribution is 6.34. The molecule has 0 N–H and O–H groups in total. The number of aryl methyl sites for hydroxylation is 2. The van der Waals surface area contributed by atoms with Gasteiger partial charge in [0.2, 0.25) is 0 Å². The second-order valence-electron chi connectivity index (χ2n) is 13.3. The van der Waals surface area contributed by atoms with Crippen LogP contribution in [0.1, 0.15) is 102 Å². The molecule has 2 aliphatic carbocycles. The van der Waals surface area contributed by atoms with Crippen molar-refractivity contribution in [3.05, 3.63) is 117 Å². The Morgan fingerprint density at radius 1 is 0.500 bits per heavy atom. The first kappa shape index (κ1) is 32.7. The number of hydrogen-bond donors (Lipinski definition) is 0. The van der Waals surface area contributed by atoms with E-state index >= 15 is 0 Å². The van der Waals surface area contributed by atoms with Gasteiger partial charge in [-0.25, -0.2) is 8.78 Å². The van der Waals surface area contributed by atoms with E-state index in [9.17, 15) is 8.78 Å². The van der Waals surface area contributed by atoms with Crippen LogP contribution in [0.4, 0.5) is 8.78 Å². The Hall–Kier alpha value is -2.68. The largest absolute Gasteiger partial charge is 0.205 e. The van der Waals surface area contributed by atoms with Crippen LogP contribution in [0.25, 0.3) is 22.3 Å². The third-order valence-electron chi connectivity index (χ3n) is 9.97. The SMILES string of the molecule is Cc1ccc(-c2ccc(C3CCC(C)CC3)cc2)c(Cl)c1F.Cc1ccc(-c2ccc(C3CCC(C)CC3)cc2)c(Cl)c1F.[HH].[HH]. The Morgan fingerprint density at radius 3 is 1.14 bits per heavy atom. The van der Waals surface area contributed by atoms with Gasteiger partial charge in [0.05, 0.1) is 10.0 Å². The predicted molar refractivity (Wildman–Crippen MR) is 188 cm³/mol. The van der Waals surface area contributed by atoms with Crippen LogP contribution < -0.4 is 0 Å². The van der Waals surface area contributed by atoms with Crippen molar-refractivity contribution in [1.82, 2.24) is 0 Å². The normalized spacial score (nSPS) is 21.8. The monoisotopic (exact) mass is 636 g/mol. The average molecular weight is 638 g/mol. The van der Waals surface area contributed by atoms with Gasteiger partial charge >= 0.3 is 0 Å². The molecule has 2 aliphatic rings. The maximum absolute atomic E-state index is 14.0. The van der Waals surface area contributed by atoms with Gasteiger partial charge in [0.15, 0.2) is 0 Å². The Morgan fingerprint density at radius 2 is 0.818 bits per heavy atom. The molecule has 6 rings (SSSR count). The lowest BCUT2D eigenvalue weighted by atomic mass is 9.79. The van der Waals surface area contributed by atoms with Gasteiger partial charge < -0.3 is 0 Å². The van der Waals surface area contributed by atoms with Gasteiger partial charge in [-0.1, -0.05) is 136 Å². The first-order chi connectivity index (χ1) is 21.1. The molecule has 0 nitrogen and oxygen atoms in total. The molecule has 0 aliphatic heterocycles. The summed E-state index contributed by atoms with van der Waals surface area (Å²) in [5, 5.41) is 0.443. The molecule has 0 saturated heterocycles. The number of halogens is 4. The quantitative estimate of drug-likeness (QED) is 0.209. The summed E-state index contributed by atoms with van der Waals surface area (Å²) in [4.78, 5) is 0. The lowest BCUT2D eigenvalue weighted by molar-refractivity contribution is 0.348. The smallest absolute Gasteiger partial charge is 0.145 e. The average Bonchev–Trinajstić information content (AvgIpc) is 3.04. The van der Waals surface area contributed by atoms with Crippen LogP contribution in [-0.2, 0) is 0 Å². The molecular weight excluding hydrogens is 589 g/mol. The number of benzene rings is 4. The standard InChI is InChI=1S/2C20H22ClF.2H2/c2*1-13-3-6-15(7-4-13)16-8-10-17(11-9-16)18-12-5-14(2)20(22)19(18)21;;/h2*5,8-13,15H,3-4,6-7H2,1-2H3;2*1H. The summed E-state index contributed by atoms with van der Waals surface area (Å²) in [7, 11) is 0. The van der Waals surface area contributed by atoms with E-state index in [0.717, 1.165) is 34.1 Å². The lowest BCUT2D eigenvalue weighted by Gasteiger charge is -2.26. The summed E-state index contributed by atoms with van der Waals surface area (Å²) in [5.74, 6) is 2.45. The molecule has 0 unspecified atom stereocenters. The molecule has 0 heterocycles. The van der Waals surface area contributed by atoms with E-state index in [1.165, 1.54) is 62.5 Å². The van der Waals surface area contributed by atoms with Gasteiger partial charge in [-0.3, -0.25) is 0 Å². The van der Waals surface area contributed by atoms with Crippen molar-refractivity contribution >= 4 is 23.2 Å². The van der Waals surface area contributed by atoms with E-state index in [2.05, 4.69) is 62.4 Å². The number of hydrogen-bond acceptors (Lipinski definition) is 0. The fraction of sp³-hybridized carbons (Fsp3) is 0.400. The van der Waals surface area contributed by atoms with E-state index in [0.29, 0.717) is 23.0 Å². The van der Waals surface area contributed by atoms with E-state index in [1.54, 1.807) is 26.0 Å². The van der Waals surface area contributed by atoms with Crippen LogP contribution >= 0.6 is 23.2 Å². The van der Waals surface area contributed by atoms with Crippen LogP contribution in [0.5, 0.6) is 0 Å². The lowest BCUT2D eigenvalue weighted by Crippen LogP contribution is -2.10. The van der Waals surface area contributed by atoms with Crippen molar-refractivity contribution in [2.75, 3.05) is 0 Å². The highest BCUT2D eigenvalue weighted by atomic mass is 35.5. The molecule has 4 heteroatoms. The predicted octanol–water partition coefficient (Wildman–Crippen LogP) is 14.0. The summed E-state index contributed by atoms with van der Waals surface area (Å²) in [6, 6.07) is 24.4. The second-order valence-corrected chi connectivity index (χ2v) is 14.0. The van der Waals surface area contributed by atoms with Gasteiger partial charge in [0, 0.05) is 14.0 Å². The van der Waals surface area contributed by atoms with Crippen molar-refractivity contribution in [2.45, 2.75) is 90.9 Å². The van der Waals surface area contributed by atoms with Crippen LogP contribution in [0.3, 0.4) is 0 Å². The fourth-order valence-corrected chi connectivity index (χ4v) is 7.44. The Kier molecular flexibility index (Phi) is 10.9. The Balaban J connectivity index is 0.000000240. The van der Waals surface area contributed by atoms with Crippen molar-refractivity contribution < 1.29 is 11.6 Å². The van der Waals surface area contributed by atoms with Gasteiger partial charge in [0.1, 0.15) is 11.6 Å². The molecule has 0 bridgehead atoms. The molecule has 4 aromatic rings. The van der Waals surface area contributed by atoms with E-state index in [4.69, 9.17) is 23.2 Å². The molecular formula is C40H48Cl2F2. The van der Waals surface area contributed by atoms with Gasteiger partial charge in [0.25, 0.3) is 0 Å². The summed E-state index contributed by atoms with van der Waals surface area (Å²) in [6.07, 6.45) is 10.4. The third-order valence-corrected chi connectivity index (χ3v) is 10.7. The van der Waals surface area contributed by atoms with Gasteiger partial charge in [-0.15, -0.1) is 0 Å². The molecule has 44 heavy (non-hydrogen) atoms. The van der Waals surface area contributed by atoms with Crippen molar-refractivity contribution in [1.29, 1.82) is 0 Å². The zero-order valence-corrected chi connectivity index (χ0v) is 27.9. The topological polar surface area (TPSA) is 0 Å². The fourth-order valence-electron chi connectivity index (χ4n) is 6.79. The Bertz CT molecular complexity index is 1440. The maximum atomic E-state index is 14.0. The molecule has 0 spiro atoms. The molecule has 0 amide bonds. The molecule has 2 saturated carbocycles. The van der Waals surface area contributed by atoms with E-state index in [-0.39, 0.29) is 24.5 Å². The maximum Gasteiger partial charge on any atom is 0.145 e. The minimum atomic E-state index is -0.315. The summed E-state index contributed by atoms with van der Waals surface area (Å²) in [6.45, 7) is 8.15. The van der Waals surface area contributed by atoms with Gasteiger partial charge in [-0.05, 0) is 96.6 Å². The minimum absolute atomic E-state index is 0. The highest BCUT2D eigenvalue weighted by Gasteiger charge is 2.21. The van der Waals surface area contributed by atoms with Crippen molar-refractivity contribution in [3.63, 3.8) is 0 Å². The van der Waals surface area contributed by atoms with E-state index < -0.39 is 0 Å². The number of rotatable bonds is 4. The first-order valence-corrected chi connectivity index (χ1v) is 17.0. The van der Waals surface area contributed by atoms with Crippen LogP contribution in [-0.4, -0.2) is 0 Å². The molecule has 0 radical (unpaired) electrons. The molecule has 4 aromatic carbocycles. The third kappa shape index (κ3) is 7.57. The molecule has 0 atom stereocenters. The van der Waals surface area contributed by atoms with Crippen LogP contribution in [0, 0.1) is 37.3 Å². The van der Waals surface area contributed by atoms with E-state index in [1.807, 2.05) is 12.1 Å². The highest BCUT2D eigenvalue weighted by Crippen LogP contribution is 2.39.